The third-order valence-electron chi connectivity index (χ3n) is 8.26. The summed E-state index contributed by atoms with van der Waals surface area (Å²) in [5.74, 6) is -3.92. The predicted molar refractivity (Wildman–Crippen MR) is 186 cm³/mol. The van der Waals surface area contributed by atoms with Crippen molar-refractivity contribution in [3.8, 4) is 0 Å². The van der Waals surface area contributed by atoms with Crippen molar-refractivity contribution in [1.82, 2.24) is 15.0 Å². The summed E-state index contributed by atoms with van der Waals surface area (Å²) in [5, 5.41) is 0. The minimum absolute atomic E-state index is 0.00501. The average Bonchev–Trinajstić information content (AvgIpc) is 3.97. The first kappa shape index (κ1) is 38.0. The Morgan fingerprint density at radius 1 is 0.673 bits per heavy atom. The maximum atomic E-state index is 12.8. The number of nitrogens with one attached hydrogen (secondary N) is 3. The minimum Gasteiger partial charge on any atom is -0.463 e. The van der Waals surface area contributed by atoms with Crippen LogP contribution in [-0.4, -0.2) is 70.1 Å². The second-order valence-corrected chi connectivity index (χ2v) is 12.3. The lowest BCUT2D eigenvalue weighted by Gasteiger charge is -2.14. The van der Waals surface area contributed by atoms with Gasteiger partial charge in [-0.1, -0.05) is 6.92 Å². The van der Waals surface area contributed by atoms with Crippen molar-refractivity contribution in [2.24, 2.45) is 0 Å². The summed E-state index contributed by atoms with van der Waals surface area (Å²) in [7, 11) is 0. The average molecular weight is 764 g/mol. The standard InChI is InChI=1S/C37H37N3O15/c1-4-32(52-19(2)41)55-37(46)26-15-29-34(40-26)22(17-49-29)8-6-10-31(43)53-20(3)54-36(45)25-14-28-33(39-25)21(16-48-28)7-5-9-30(42)50-18-51-35(44)24-13-27-23(38-24)11-12-47-27/h11-17,20,32,38-40H,4-10,18H2,1-3H3. The van der Waals surface area contributed by atoms with Gasteiger partial charge in [-0.25, -0.2) is 14.4 Å². The van der Waals surface area contributed by atoms with Gasteiger partial charge < -0.3 is 56.6 Å². The third-order valence-corrected chi connectivity index (χ3v) is 8.26. The van der Waals surface area contributed by atoms with Gasteiger partial charge in [0.05, 0.1) is 35.3 Å². The number of carbonyl (C=O) groups excluding carboxylic acids is 6. The maximum Gasteiger partial charge on any atom is 0.357 e. The van der Waals surface area contributed by atoms with Crippen LogP contribution < -0.4 is 0 Å². The fourth-order valence-electron chi connectivity index (χ4n) is 5.65. The topological polar surface area (TPSA) is 245 Å². The van der Waals surface area contributed by atoms with E-state index in [0.29, 0.717) is 70.1 Å². The molecule has 0 aromatic carbocycles. The van der Waals surface area contributed by atoms with E-state index in [1.807, 2.05) is 0 Å². The number of hydrogen-bond acceptors (Lipinski definition) is 15. The summed E-state index contributed by atoms with van der Waals surface area (Å²) in [4.78, 5) is 82.1. The summed E-state index contributed by atoms with van der Waals surface area (Å²) < 4.78 is 47.0. The third kappa shape index (κ3) is 9.45. The van der Waals surface area contributed by atoms with E-state index in [4.69, 9.17) is 41.7 Å². The van der Waals surface area contributed by atoms with Gasteiger partial charge in [-0.3, -0.25) is 14.4 Å². The summed E-state index contributed by atoms with van der Waals surface area (Å²) in [6.45, 7) is 3.79. The Morgan fingerprint density at radius 3 is 1.85 bits per heavy atom. The van der Waals surface area contributed by atoms with Gasteiger partial charge in [0, 0.05) is 68.5 Å². The number of aromatic nitrogens is 3. The Bertz CT molecular complexity index is 2300. The van der Waals surface area contributed by atoms with Gasteiger partial charge in [-0.05, 0) is 25.7 Å². The van der Waals surface area contributed by atoms with Gasteiger partial charge in [0.15, 0.2) is 16.7 Å². The molecule has 0 amide bonds. The van der Waals surface area contributed by atoms with Crippen molar-refractivity contribution >= 4 is 69.1 Å². The minimum atomic E-state index is -1.19. The molecule has 0 spiro atoms. The Labute approximate surface area is 310 Å². The van der Waals surface area contributed by atoms with Crippen molar-refractivity contribution < 1.29 is 70.4 Å². The first-order valence-corrected chi connectivity index (χ1v) is 17.3. The Kier molecular flexibility index (Phi) is 11.7. The van der Waals surface area contributed by atoms with Crippen molar-refractivity contribution in [2.75, 3.05) is 6.79 Å². The highest BCUT2D eigenvalue weighted by molar-refractivity contribution is 5.95. The molecule has 0 radical (unpaired) electrons. The van der Waals surface area contributed by atoms with Gasteiger partial charge in [0.25, 0.3) is 0 Å². The summed E-state index contributed by atoms with van der Waals surface area (Å²) in [5.41, 5.74) is 4.83. The van der Waals surface area contributed by atoms with E-state index in [-0.39, 0.29) is 36.3 Å². The highest BCUT2D eigenvalue weighted by Crippen LogP contribution is 2.26. The molecule has 0 aliphatic carbocycles. The summed E-state index contributed by atoms with van der Waals surface area (Å²) in [6, 6.07) is 6.08. The second kappa shape index (κ2) is 17.0. The molecule has 2 unspecified atom stereocenters. The molecule has 0 bridgehead atoms. The Balaban J connectivity index is 0.893. The van der Waals surface area contributed by atoms with Crippen molar-refractivity contribution in [2.45, 2.75) is 78.3 Å². The van der Waals surface area contributed by atoms with Crippen LogP contribution in [0.2, 0.25) is 0 Å². The zero-order chi connectivity index (χ0) is 39.1. The maximum absolute atomic E-state index is 12.8. The number of rotatable bonds is 18. The summed E-state index contributed by atoms with van der Waals surface area (Å²) in [6.07, 6.45) is 4.17. The lowest BCUT2D eigenvalue weighted by molar-refractivity contribution is -0.167. The Morgan fingerprint density at radius 2 is 1.25 bits per heavy atom. The molecular weight excluding hydrogens is 726 g/mol. The number of carbonyl (C=O) groups is 6. The van der Waals surface area contributed by atoms with E-state index in [2.05, 4.69) is 15.0 Å². The fraction of sp³-hybridized carbons (Fsp3) is 0.351. The van der Waals surface area contributed by atoms with E-state index in [9.17, 15) is 28.8 Å². The van der Waals surface area contributed by atoms with Gasteiger partial charge in [-0.15, -0.1) is 0 Å². The van der Waals surface area contributed by atoms with Gasteiger partial charge in [-0.2, -0.15) is 0 Å². The smallest absolute Gasteiger partial charge is 0.357 e. The SMILES string of the molecule is CCC(OC(C)=O)OC(=O)c1cc2occ(CCCC(=O)OC(C)OC(=O)c3cc4occ(CCCC(=O)OCOC(=O)c5cc6occc6[nH]5)c4[nH]3)c2[nH]1. The molecule has 6 aromatic heterocycles. The molecule has 0 aliphatic heterocycles. The van der Waals surface area contributed by atoms with Crippen LogP contribution in [0.5, 0.6) is 0 Å². The molecule has 0 aliphatic rings. The molecule has 2 atom stereocenters. The molecule has 0 saturated heterocycles. The molecule has 6 aromatic rings. The van der Waals surface area contributed by atoms with E-state index in [1.165, 1.54) is 50.8 Å². The van der Waals surface area contributed by atoms with Crippen LogP contribution in [0.15, 0.2) is 56.3 Å². The van der Waals surface area contributed by atoms with Crippen molar-refractivity contribution in [1.29, 1.82) is 0 Å². The van der Waals surface area contributed by atoms with Gasteiger partial charge in [0.1, 0.15) is 17.1 Å². The van der Waals surface area contributed by atoms with Crippen LogP contribution in [0.25, 0.3) is 33.3 Å². The zero-order valence-corrected chi connectivity index (χ0v) is 30.0. The molecule has 0 fully saturated rings. The number of ether oxygens (including phenoxy) is 6. The lowest BCUT2D eigenvalue weighted by atomic mass is 10.1. The lowest BCUT2D eigenvalue weighted by Crippen LogP contribution is -2.23. The van der Waals surface area contributed by atoms with Crippen LogP contribution in [0.3, 0.4) is 0 Å². The van der Waals surface area contributed by atoms with Crippen molar-refractivity contribution in [3.05, 3.63) is 71.3 Å². The number of H-pyrrole nitrogens is 3. The second-order valence-electron chi connectivity index (χ2n) is 12.3. The monoisotopic (exact) mass is 763 g/mol. The molecule has 0 saturated carbocycles. The number of esters is 6. The molecular formula is C37H37N3O15. The number of aromatic amines is 3. The van der Waals surface area contributed by atoms with Crippen LogP contribution in [-0.2, 0) is 55.6 Å². The largest absolute Gasteiger partial charge is 0.463 e. The fourth-order valence-corrected chi connectivity index (χ4v) is 5.65. The van der Waals surface area contributed by atoms with E-state index >= 15 is 0 Å². The van der Waals surface area contributed by atoms with E-state index < -0.39 is 55.2 Å². The van der Waals surface area contributed by atoms with E-state index in [0.717, 1.165) is 0 Å². The highest BCUT2D eigenvalue weighted by Gasteiger charge is 2.23. The van der Waals surface area contributed by atoms with Crippen LogP contribution in [0.1, 0.15) is 95.5 Å². The molecule has 290 valence electrons. The zero-order valence-electron chi connectivity index (χ0n) is 30.0. The molecule has 18 nitrogen and oxygen atoms in total. The molecule has 3 N–H and O–H groups in total. The molecule has 6 rings (SSSR count). The number of fused-ring (bicyclic) bond motifs is 3. The van der Waals surface area contributed by atoms with Gasteiger partial charge in [0.2, 0.25) is 19.4 Å². The number of aryl methyl sites for hydroxylation is 2. The predicted octanol–water partition coefficient (Wildman–Crippen LogP) is 6.11. The quantitative estimate of drug-likeness (QED) is 0.0507. The van der Waals surface area contributed by atoms with Crippen molar-refractivity contribution in [3.63, 3.8) is 0 Å². The van der Waals surface area contributed by atoms with Crippen LogP contribution in [0, 0.1) is 0 Å². The molecule has 55 heavy (non-hydrogen) atoms. The molecule has 6 heterocycles. The number of hydrogen-bond donors (Lipinski definition) is 3. The first-order valence-electron chi connectivity index (χ1n) is 17.3. The van der Waals surface area contributed by atoms with E-state index in [1.54, 1.807) is 13.0 Å². The Hall–Kier alpha value is -6.72. The van der Waals surface area contributed by atoms with Crippen LogP contribution in [0.4, 0.5) is 0 Å². The van der Waals surface area contributed by atoms with Crippen LogP contribution >= 0.6 is 0 Å². The molecule has 18 heteroatoms. The first-order chi connectivity index (χ1) is 26.5. The van der Waals surface area contributed by atoms with Gasteiger partial charge >= 0.3 is 35.8 Å². The normalized spacial score (nSPS) is 12.4. The number of furan rings is 3. The summed E-state index contributed by atoms with van der Waals surface area (Å²) >= 11 is 0. The highest BCUT2D eigenvalue weighted by atomic mass is 16.7.